The quantitative estimate of drug-likeness (QED) is 0.767. The smallest absolute Gasteiger partial charge is 0.257 e. The Morgan fingerprint density at radius 3 is 3.00 bits per heavy atom. The van der Waals surface area contributed by atoms with Crippen LogP contribution in [0.3, 0.4) is 0 Å². The molecule has 1 heterocycles. The third-order valence-electron chi connectivity index (χ3n) is 3.17. The Labute approximate surface area is 124 Å². The maximum Gasteiger partial charge on any atom is 0.257 e. The fourth-order valence-electron chi connectivity index (χ4n) is 1.98. The summed E-state index contributed by atoms with van der Waals surface area (Å²) in [4.78, 5) is 18.9. The molecular weight excluding hydrogens is 266 g/mol. The molecule has 2 aromatic rings. The lowest BCUT2D eigenvalue weighted by Gasteiger charge is -2.10. The normalized spacial score (nSPS) is 10.4. The van der Waals surface area contributed by atoms with Gasteiger partial charge in [-0.2, -0.15) is 0 Å². The number of benzene rings is 1. The summed E-state index contributed by atoms with van der Waals surface area (Å²) in [5.41, 5.74) is 2.15. The van der Waals surface area contributed by atoms with E-state index in [0.29, 0.717) is 6.54 Å². The molecule has 1 amide bonds. The number of hydrogen-bond donors (Lipinski definition) is 2. The van der Waals surface area contributed by atoms with E-state index in [4.69, 9.17) is 4.74 Å². The van der Waals surface area contributed by atoms with Crippen molar-refractivity contribution in [3.8, 4) is 5.75 Å². The highest BCUT2D eigenvalue weighted by molar-refractivity contribution is 5.77. The molecule has 1 aromatic carbocycles. The Morgan fingerprint density at radius 1 is 1.38 bits per heavy atom. The Morgan fingerprint density at radius 2 is 2.24 bits per heavy atom. The zero-order chi connectivity index (χ0) is 15.1. The summed E-state index contributed by atoms with van der Waals surface area (Å²) < 4.78 is 5.55. The largest absolute Gasteiger partial charge is 0.483 e. The molecule has 112 valence electrons. The van der Waals surface area contributed by atoms with E-state index >= 15 is 0 Å². The number of hydrogen-bond acceptors (Lipinski definition) is 3. The highest BCUT2D eigenvalue weighted by atomic mass is 16.5. The molecule has 0 spiro atoms. The van der Waals surface area contributed by atoms with Crippen LogP contribution in [-0.2, 0) is 11.2 Å². The maximum absolute atomic E-state index is 11.7. The monoisotopic (exact) mass is 287 g/mol. The molecule has 21 heavy (non-hydrogen) atoms. The Hall–Kier alpha value is -2.30. The van der Waals surface area contributed by atoms with Gasteiger partial charge in [0, 0.05) is 25.4 Å². The second-order valence-corrected chi connectivity index (χ2v) is 5.05. The van der Waals surface area contributed by atoms with Crippen LogP contribution in [0.15, 0.2) is 30.6 Å². The van der Waals surface area contributed by atoms with E-state index in [-0.39, 0.29) is 12.5 Å². The van der Waals surface area contributed by atoms with Gasteiger partial charge in [-0.05, 0) is 37.5 Å². The molecule has 0 saturated heterocycles. The van der Waals surface area contributed by atoms with E-state index in [1.54, 1.807) is 12.4 Å². The van der Waals surface area contributed by atoms with Gasteiger partial charge >= 0.3 is 0 Å². The average Bonchev–Trinajstić information content (AvgIpc) is 2.98. The van der Waals surface area contributed by atoms with Crippen LogP contribution in [0.25, 0.3) is 0 Å². The first kappa shape index (κ1) is 15.1. The van der Waals surface area contributed by atoms with Gasteiger partial charge in [0.1, 0.15) is 11.6 Å². The molecule has 0 fully saturated rings. The molecule has 0 aliphatic rings. The van der Waals surface area contributed by atoms with E-state index in [1.807, 2.05) is 32.0 Å². The van der Waals surface area contributed by atoms with E-state index in [9.17, 15) is 4.79 Å². The molecule has 0 bridgehead atoms. The number of H-pyrrole nitrogens is 1. The molecule has 5 nitrogen and oxygen atoms in total. The van der Waals surface area contributed by atoms with Gasteiger partial charge in [-0.3, -0.25) is 4.79 Å². The highest BCUT2D eigenvalue weighted by Gasteiger charge is 2.05. The van der Waals surface area contributed by atoms with Crippen molar-refractivity contribution in [2.45, 2.75) is 26.7 Å². The molecule has 0 unspecified atom stereocenters. The minimum absolute atomic E-state index is 0.0467. The summed E-state index contributed by atoms with van der Waals surface area (Å²) in [6.07, 6.45) is 5.20. The van der Waals surface area contributed by atoms with E-state index in [1.165, 1.54) is 0 Å². The lowest BCUT2D eigenvalue weighted by Crippen LogP contribution is -2.30. The van der Waals surface area contributed by atoms with Crippen LogP contribution in [0.1, 0.15) is 23.4 Å². The molecule has 0 atom stereocenters. The summed E-state index contributed by atoms with van der Waals surface area (Å²) in [5.74, 6) is 1.60. The predicted molar refractivity (Wildman–Crippen MR) is 81.3 cm³/mol. The van der Waals surface area contributed by atoms with Gasteiger partial charge in [-0.1, -0.05) is 12.1 Å². The van der Waals surface area contributed by atoms with Crippen molar-refractivity contribution in [3.05, 3.63) is 47.5 Å². The molecule has 0 radical (unpaired) electrons. The average molecular weight is 287 g/mol. The Balaban J connectivity index is 1.66. The highest BCUT2D eigenvalue weighted by Crippen LogP contribution is 2.18. The summed E-state index contributed by atoms with van der Waals surface area (Å²) in [6.45, 7) is 4.64. The topological polar surface area (TPSA) is 67.0 Å². The molecule has 5 heteroatoms. The maximum atomic E-state index is 11.7. The number of rotatable bonds is 7. The number of imidazole rings is 1. The SMILES string of the molecule is Cc1ccc(C)c(OCC(=O)NCCCc2ncc[nH]2)c1. The van der Waals surface area contributed by atoms with Gasteiger partial charge in [0.15, 0.2) is 6.61 Å². The van der Waals surface area contributed by atoms with Crippen molar-refractivity contribution in [2.75, 3.05) is 13.2 Å². The van der Waals surface area contributed by atoms with Crippen LogP contribution < -0.4 is 10.1 Å². The first-order valence-electron chi connectivity index (χ1n) is 7.10. The Kier molecular flexibility index (Phi) is 5.37. The first-order valence-corrected chi connectivity index (χ1v) is 7.10. The first-order chi connectivity index (χ1) is 10.1. The van der Waals surface area contributed by atoms with Crippen molar-refractivity contribution in [2.24, 2.45) is 0 Å². The summed E-state index contributed by atoms with van der Waals surface area (Å²) in [6, 6.07) is 5.96. The number of aryl methyl sites for hydroxylation is 3. The molecule has 1 aromatic heterocycles. The number of ether oxygens (including phenoxy) is 1. The molecule has 0 aliphatic heterocycles. The fraction of sp³-hybridized carbons (Fsp3) is 0.375. The minimum Gasteiger partial charge on any atom is -0.483 e. The number of nitrogens with one attached hydrogen (secondary N) is 2. The summed E-state index contributed by atoms with van der Waals surface area (Å²) in [5, 5.41) is 2.84. The number of carbonyl (C=O) groups excluding carboxylic acids is 1. The second kappa shape index (κ2) is 7.47. The number of amides is 1. The van der Waals surface area contributed by atoms with Crippen LogP contribution in [0.5, 0.6) is 5.75 Å². The van der Waals surface area contributed by atoms with E-state index in [2.05, 4.69) is 15.3 Å². The van der Waals surface area contributed by atoms with Crippen molar-refractivity contribution < 1.29 is 9.53 Å². The third-order valence-corrected chi connectivity index (χ3v) is 3.17. The molecule has 0 aliphatic carbocycles. The van der Waals surface area contributed by atoms with Gasteiger partial charge in [0.25, 0.3) is 5.91 Å². The van der Waals surface area contributed by atoms with Crippen LogP contribution in [0.4, 0.5) is 0 Å². The van der Waals surface area contributed by atoms with Crippen LogP contribution in [0, 0.1) is 13.8 Å². The summed E-state index contributed by atoms with van der Waals surface area (Å²) in [7, 11) is 0. The standard InChI is InChI=1S/C16H21N3O2/c1-12-5-6-13(2)14(10-12)21-11-16(20)19-7-3-4-15-17-8-9-18-15/h5-6,8-10H,3-4,7,11H2,1-2H3,(H,17,18)(H,19,20). The number of carbonyl (C=O) groups is 1. The van der Waals surface area contributed by atoms with Gasteiger partial charge in [-0.25, -0.2) is 4.98 Å². The molecule has 2 rings (SSSR count). The molecule has 2 N–H and O–H groups in total. The van der Waals surface area contributed by atoms with Crippen LogP contribution >= 0.6 is 0 Å². The zero-order valence-corrected chi connectivity index (χ0v) is 12.5. The van der Waals surface area contributed by atoms with Crippen molar-refractivity contribution in [1.29, 1.82) is 0 Å². The van der Waals surface area contributed by atoms with Crippen molar-refractivity contribution >= 4 is 5.91 Å². The summed E-state index contributed by atoms with van der Waals surface area (Å²) >= 11 is 0. The zero-order valence-electron chi connectivity index (χ0n) is 12.5. The number of nitrogens with zero attached hydrogens (tertiary/aromatic N) is 1. The van der Waals surface area contributed by atoms with E-state index in [0.717, 1.165) is 35.5 Å². The van der Waals surface area contributed by atoms with Gasteiger partial charge in [0.2, 0.25) is 0 Å². The van der Waals surface area contributed by atoms with Crippen LogP contribution in [-0.4, -0.2) is 29.0 Å². The lowest BCUT2D eigenvalue weighted by atomic mass is 10.1. The predicted octanol–water partition coefficient (Wildman–Crippen LogP) is 2.15. The second-order valence-electron chi connectivity index (χ2n) is 5.05. The van der Waals surface area contributed by atoms with Crippen molar-refractivity contribution in [3.63, 3.8) is 0 Å². The number of aromatic amines is 1. The van der Waals surface area contributed by atoms with Gasteiger partial charge < -0.3 is 15.0 Å². The van der Waals surface area contributed by atoms with Crippen molar-refractivity contribution in [1.82, 2.24) is 15.3 Å². The Bertz CT molecular complexity index is 579. The minimum atomic E-state index is -0.102. The van der Waals surface area contributed by atoms with Gasteiger partial charge in [-0.15, -0.1) is 0 Å². The van der Waals surface area contributed by atoms with Crippen LogP contribution in [0.2, 0.25) is 0 Å². The van der Waals surface area contributed by atoms with Gasteiger partial charge in [0.05, 0.1) is 0 Å². The molecule has 0 saturated carbocycles. The fourth-order valence-corrected chi connectivity index (χ4v) is 1.98. The van der Waals surface area contributed by atoms with E-state index < -0.39 is 0 Å². The third kappa shape index (κ3) is 4.95. The molecular formula is C16H21N3O2. The number of aromatic nitrogens is 2. The lowest BCUT2D eigenvalue weighted by molar-refractivity contribution is -0.123.